The second kappa shape index (κ2) is 12.1. The molecule has 2 N–H and O–H groups in total. The molecule has 1 aliphatic heterocycles. The molecule has 1 amide bonds. The Bertz CT molecular complexity index is 1970. The summed E-state index contributed by atoms with van der Waals surface area (Å²) in [4.78, 5) is 38.3. The van der Waals surface area contributed by atoms with E-state index in [4.69, 9.17) is 13.9 Å². The molecule has 0 saturated carbocycles. The Morgan fingerprint density at radius 1 is 1.04 bits per heavy atom. The van der Waals surface area contributed by atoms with E-state index in [1.165, 1.54) is 68.4 Å². The van der Waals surface area contributed by atoms with Crippen molar-refractivity contribution >= 4 is 28.5 Å². The molecule has 0 radical (unpaired) electrons. The molecule has 0 bridgehead atoms. The minimum absolute atomic E-state index is 0.0205. The summed E-state index contributed by atoms with van der Waals surface area (Å²) in [5.41, 5.74) is -1.60. The van der Waals surface area contributed by atoms with E-state index in [2.05, 4.69) is 15.5 Å². The third-order valence-electron chi connectivity index (χ3n) is 7.23. The van der Waals surface area contributed by atoms with Crippen LogP contribution in [0.4, 0.5) is 18.9 Å². The number of anilines is 1. The fourth-order valence-electron chi connectivity index (χ4n) is 4.69. The van der Waals surface area contributed by atoms with Crippen LogP contribution in [0.3, 0.4) is 0 Å². The zero-order valence-corrected chi connectivity index (χ0v) is 25.1. The van der Waals surface area contributed by atoms with Gasteiger partial charge in [0.05, 0.1) is 5.39 Å². The number of nitrogens with one attached hydrogen (secondary N) is 1. The van der Waals surface area contributed by atoms with Crippen molar-refractivity contribution in [1.82, 2.24) is 0 Å². The first-order chi connectivity index (χ1) is 21.7. The first kappa shape index (κ1) is 31.9. The number of benzene rings is 3. The summed E-state index contributed by atoms with van der Waals surface area (Å²) < 4.78 is 57.0. The van der Waals surface area contributed by atoms with Crippen molar-refractivity contribution in [2.45, 2.75) is 52.6 Å². The van der Waals surface area contributed by atoms with E-state index in [9.17, 15) is 32.7 Å². The van der Waals surface area contributed by atoms with Crippen molar-refractivity contribution in [3.8, 4) is 17.2 Å². The molecule has 46 heavy (non-hydrogen) atoms. The van der Waals surface area contributed by atoms with Gasteiger partial charge in [-0.3, -0.25) is 9.59 Å². The summed E-state index contributed by atoms with van der Waals surface area (Å²) >= 11 is 0. The maximum Gasteiger partial charge on any atom is 0.442 e. The summed E-state index contributed by atoms with van der Waals surface area (Å²) in [6.45, 7) is 6.38. The van der Waals surface area contributed by atoms with E-state index in [0.717, 1.165) is 5.57 Å². The maximum absolute atomic E-state index is 13.5. The molecule has 0 aliphatic carbocycles. The van der Waals surface area contributed by atoms with E-state index in [0.29, 0.717) is 17.5 Å². The summed E-state index contributed by atoms with van der Waals surface area (Å²) in [7, 11) is 0. The predicted octanol–water partition coefficient (Wildman–Crippen LogP) is 7.25. The molecule has 0 spiro atoms. The van der Waals surface area contributed by atoms with Crippen LogP contribution in [0.25, 0.3) is 11.0 Å². The van der Waals surface area contributed by atoms with E-state index >= 15 is 0 Å². The van der Waals surface area contributed by atoms with Gasteiger partial charge in [0, 0.05) is 23.6 Å². The zero-order valence-electron chi connectivity index (χ0n) is 25.1. The molecule has 4 aromatic rings. The molecular weight excluding hydrogens is 607 g/mol. The number of nitrogens with zero attached hydrogens (tertiary/aromatic N) is 2. The smallest absolute Gasteiger partial charge is 0.442 e. The highest BCUT2D eigenvalue weighted by molar-refractivity contribution is 6.07. The summed E-state index contributed by atoms with van der Waals surface area (Å²) in [5.74, 6) is -1.16. The molecule has 0 atom stereocenters. The number of phenols is 1. The third-order valence-corrected chi connectivity index (χ3v) is 7.23. The lowest BCUT2D eigenvalue weighted by Gasteiger charge is -2.17. The standard InChI is InChI=1S/C33H28F3N3O7/c1-17(2)5-8-21-15-22(9-14-26(21)45-19(4)40)30(42)37-27-29(24-12-13-25(41)18(3)28(24)46-31(27)43)44-16-20-6-10-23(11-7-20)32(38-39-32)33(34,35)36/h5-7,9-15,41H,8,16H2,1-4H3,(H,37,42). The molecule has 5 rings (SSSR count). The number of carbonyl (C=O) groups is 2. The Morgan fingerprint density at radius 2 is 1.74 bits per heavy atom. The summed E-state index contributed by atoms with van der Waals surface area (Å²) in [6, 6.07) is 12.6. The van der Waals surface area contributed by atoms with Crippen molar-refractivity contribution in [1.29, 1.82) is 0 Å². The van der Waals surface area contributed by atoms with Crippen molar-refractivity contribution in [2.24, 2.45) is 10.2 Å². The molecule has 1 aliphatic rings. The fraction of sp³-hybridized carbons (Fsp3) is 0.242. The molecule has 0 fully saturated rings. The van der Waals surface area contributed by atoms with Gasteiger partial charge in [-0.05, 0) is 68.7 Å². The number of fused-ring (bicyclic) bond motifs is 1. The van der Waals surface area contributed by atoms with Crippen LogP contribution in [0.1, 0.15) is 53.4 Å². The number of aryl methyl sites for hydroxylation is 1. The molecule has 13 heteroatoms. The average molecular weight is 636 g/mol. The number of allylic oxidation sites excluding steroid dienone is 2. The highest BCUT2D eigenvalue weighted by atomic mass is 19.4. The number of ether oxygens (including phenoxy) is 2. The van der Waals surface area contributed by atoms with E-state index in [-0.39, 0.29) is 57.2 Å². The normalized spacial score (nSPS) is 13.3. The Morgan fingerprint density at radius 3 is 2.35 bits per heavy atom. The second-order valence-corrected chi connectivity index (χ2v) is 10.9. The Labute approximate surface area is 260 Å². The van der Waals surface area contributed by atoms with Crippen LogP contribution in [-0.2, 0) is 23.5 Å². The highest BCUT2D eigenvalue weighted by Gasteiger charge is 2.65. The first-order valence-electron chi connectivity index (χ1n) is 14.0. The SMILES string of the molecule is CC(=O)Oc1ccc(C(=O)Nc2c(OCc3ccc(C4(C(F)(F)F)N=N4)cc3)c3ccc(O)c(C)c3oc2=O)cc1CC=C(C)C. The number of rotatable bonds is 9. The largest absolute Gasteiger partial charge is 0.508 e. The predicted molar refractivity (Wildman–Crippen MR) is 161 cm³/mol. The summed E-state index contributed by atoms with van der Waals surface area (Å²) in [6.07, 6.45) is -2.41. The van der Waals surface area contributed by atoms with Gasteiger partial charge in [-0.15, -0.1) is 10.2 Å². The van der Waals surface area contributed by atoms with Gasteiger partial charge < -0.3 is 24.3 Å². The Kier molecular flexibility index (Phi) is 8.44. The van der Waals surface area contributed by atoms with Crippen LogP contribution in [0.15, 0.2) is 85.7 Å². The van der Waals surface area contributed by atoms with Crippen molar-refractivity contribution < 1.29 is 41.8 Å². The van der Waals surface area contributed by atoms with Crippen LogP contribution in [-0.4, -0.2) is 23.2 Å². The number of alkyl halides is 3. The molecule has 1 aromatic heterocycles. The number of amides is 1. The molecule has 10 nitrogen and oxygen atoms in total. The second-order valence-electron chi connectivity index (χ2n) is 10.9. The van der Waals surface area contributed by atoms with Gasteiger partial charge in [0.2, 0.25) is 0 Å². The maximum atomic E-state index is 13.5. The molecular formula is C33H28F3N3O7. The monoisotopic (exact) mass is 635 g/mol. The first-order valence-corrected chi connectivity index (χ1v) is 14.0. The topological polar surface area (TPSA) is 140 Å². The van der Waals surface area contributed by atoms with Gasteiger partial charge in [0.1, 0.15) is 23.7 Å². The van der Waals surface area contributed by atoms with Gasteiger partial charge in [-0.25, -0.2) is 4.79 Å². The molecule has 0 unspecified atom stereocenters. The van der Waals surface area contributed by atoms with Gasteiger partial charge >= 0.3 is 23.4 Å². The lowest BCUT2D eigenvalue weighted by molar-refractivity contribution is -0.166. The number of carbonyl (C=O) groups excluding carboxylic acids is 2. The number of aromatic hydroxyl groups is 1. The fourth-order valence-corrected chi connectivity index (χ4v) is 4.69. The number of halogens is 3. The van der Waals surface area contributed by atoms with Crippen LogP contribution < -0.4 is 20.4 Å². The minimum atomic E-state index is -4.67. The average Bonchev–Trinajstić information content (AvgIpc) is 3.81. The van der Waals surface area contributed by atoms with Crippen molar-refractivity contribution in [3.05, 3.63) is 104 Å². The Hall–Kier alpha value is -5.46. The van der Waals surface area contributed by atoms with Gasteiger partial charge in [-0.1, -0.05) is 35.9 Å². The zero-order chi connectivity index (χ0) is 33.4. The number of hydrogen-bond donors (Lipinski definition) is 2. The molecule has 238 valence electrons. The Balaban J connectivity index is 1.48. The van der Waals surface area contributed by atoms with Crippen LogP contribution in [0.5, 0.6) is 17.2 Å². The third kappa shape index (κ3) is 6.34. The van der Waals surface area contributed by atoms with Gasteiger partial charge in [0.15, 0.2) is 11.4 Å². The lowest BCUT2D eigenvalue weighted by atomic mass is 10.0. The molecule has 3 aromatic carbocycles. The van der Waals surface area contributed by atoms with Crippen molar-refractivity contribution in [3.63, 3.8) is 0 Å². The van der Waals surface area contributed by atoms with Gasteiger partial charge in [0.25, 0.3) is 5.91 Å². The van der Waals surface area contributed by atoms with Crippen LogP contribution in [0.2, 0.25) is 0 Å². The van der Waals surface area contributed by atoms with E-state index in [1.54, 1.807) is 0 Å². The van der Waals surface area contributed by atoms with Crippen LogP contribution >= 0.6 is 0 Å². The van der Waals surface area contributed by atoms with E-state index < -0.39 is 29.3 Å². The summed E-state index contributed by atoms with van der Waals surface area (Å²) in [5, 5.41) is 19.4. The van der Waals surface area contributed by atoms with Crippen LogP contribution in [0, 0.1) is 6.92 Å². The highest BCUT2D eigenvalue weighted by Crippen LogP contribution is 2.52. The number of phenolic OH excluding ortho intramolecular Hbond substituents is 1. The molecule has 0 saturated heterocycles. The minimum Gasteiger partial charge on any atom is -0.508 e. The number of esters is 1. The van der Waals surface area contributed by atoms with Crippen molar-refractivity contribution in [2.75, 3.05) is 5.32 Å². The number of hydrogen-bond acceptors (Lipinski definition) is 9. The molecule has 2 heterocycles. The van der Waals surface area contributed by atoms with Gasteiger partial charge in [-0.2, -0.15) is 13.2 Å². The van der Waals surface area contributed by atoms with E-state index in [1.807, 2.05) is 19.9 Å². The quantitative estimate of drug-likeness (QED) is 0.0854. The lowest BCUT2D eigenvalue weighted by Crippen LogP contribution is -2.30.